The van der Waals surface area contributed by atoms with Crippen LogP contribution >= 0.6 is 0 Å². The Bertz CT molecular complexity index is 736. The number of alkyl halides is 3. The molecule has 0 N–H and O–H groups in total. The Hall–Kier alpha value is -1.91. The second kappa shape index (κ2) is 7.77. The lowest BCUT2D eigenvalue weighted by atomic mass is 9.78. The molecule has 0 radical (unpaired) electrons. The molecule has 0 fully saturated rings. The minimum atomic E-state index is -4.42. The minimum Gasteiger partial charge on any atom is -0.261 e. The largest absolute Gasteiger partial charge is 0.433 e. The molecule has 2 aromatic rings. The second-order valence-electron chi connectivity index (χ2n) is 7.92. The third kappa shape index (κ3) is 5.05. The first-order valence-corrected chi connectivity index (χ1v) is 9.00. The fraction of sp³-hybridized carbons (Fsp3) is 0.524. The normalized spacial score (nSPS) is 13.9. The summed E-state index contributed by atoms with van der Waals surface area (Å²) < 4.78 is 38.8. The van der Waals surface area contributed by atoms with Gasteiger partial charge in [-0.3, -0.25) is 9.97 Å². The van der Waals surface area contributed by atoms with E-state index in [2.05, 4.69) is 36.8 Å². The van der Waals surface area contributed by atoms with Crippen LogP contribution in [0.2, 0.25) is 0 Å². The van der Waals surface area contributed by atoms with Gasteiger partial charge in [0.25, 0.3) is 0 Å². The molecule has 0 spiro atoms. The summed E-state index contributed by atoms with van der Waals surface area (Å²) in [5.74, 6) is 0.690. The van der Waals surface area contributed by atoms with Gasteiger partial charge in [0.15, 0.2) is 0 Å². The van der Waals surface area contributed by atoms with Crippen molar-refractivity contribution in [1.29, 1.82) is 0 Å². The van der Waals surface area contributed by atoms with Crippen LogP contribution in [-0.4, -0.2) is 9.97 Å². The highest BCUT2D eigenvalue weighted by atomic mass is 19.4. The Morgan fingerprint density at radius 3 is 2.23 bits per heavy atom. The standard InChI is InChI=1S/C21H27F3N2/c1-14(2)16-7-10-25-18(12-16)15(3)6-9-20(4,5)17-8-11-26-19(13-17)21(22,23)24/h7-8,10-15H,6,9H2,1-5H3. The molecular formula is C21H27F3N2. The number of hydrogen-bond donors (Lipinski definition) is 0. The van der Waals surface area contributed by atoms with Crippen LogP contribution in [0.5, 0.6) is 0 Å². The summed E-state index contributed by atoms with van der Waals surface area (Å²) in [6.07, 6.45) is 0.288. The molecule has 2 aromatic heterocycles. The Kier molecular flexibility index (Phi) is 6.09. The van der Waals surface area contributed by atoms with E-state index in [1.165, 1.54) is 17.8 Å². The summed E-state index contributed by atoms with van der Waals surface area (Å²) in [5, 5.41) is 0. The van der Waals surface area contributed by atoms with E-state index < -0.39 is 11.9 Å². The van der Waals surface area contributed by atoms with E-state index in [4.69, 9.17) is 0 Å². The number of halogens is 3. The van der Waals surface area contributed by atoms with Crippen molar-refractivity contribution in [3.05, 3.63) is 59.2 Å². The van der Waals surface area contributed by atoms with Crippen molar-refractivity contribution in [2.45, 2.75) is 70.9 Å². The summed E-state index contributed by atoms with van der Waals surface area (Å²) in [5.41, 5.74) is 1.76. The van der Waals surface area contributed by atoms with Crippen LogP contribution in [0.4, 0.5) is 13.2 Å². The van der Waals surface area contributed by atoms with E-state index in [-0.39, 0.29) is 11.3 Å². The van der Waals surface area contributed by atoms with Gasteiger partial charge in [0, 0.05) is 18.1 Å². The molecule has 2 heterocycles. The summed E-state index contributed by atoms with van der Waals surface area (Å²) in [6.45, 7) is 10.4. The summed E-state index contributed by atoms with van der Waals surface area (Å²) in [4.78, 5) is 7.94. The van der Waals surface area contributed by atoms with E-state index in [9.17, 15) is 13.2 Å². The van der Waals surface area contributed by atoms with Crippen molar-refractivity contribution in [3.8, 4) is 0 Å². The van der Waals surface area contributed by atoms with E-state index in [1.807, 2.05) is 26.1 Å². The quantitative estimate of drug-likeness (QED) is 0.586. The minimum absolute atomic E-state index is 0.247. The van der Waals surface area contributed by atoms with E-state index in [0.717, 1.165) is 18.5 Å². The summed E-state index contributed by atoms with van der Waals surface area (Å²) in [7, 11) is 0. The van der Waals surface area contributed by atoms with Crippen LogP contribution in [0.3, 0.4) is 0 Å². The Labute approximate surface area is 153 Å². The maximum atomic E-state index is 12.9. The van der Waals surface area contributed by atoms with Crippen molar-refractivity contribution in [1.82, 2.24) is 9.97 Å². The van der Waals surface area contributed by atoms with Gasteiger partial charge in [-0.1, -0.05) is 34.6 Å². The number of pyridine rings is 2. The first kappa shape index (κ1) is 20.4. The molecule has 142 valence electrons. The van der Waals surface area contributed by atoms with Crippen molar-refractivity contribution in [2.24, 2.45) is 0 Å². The molecule has 1 unspecified atom stereocenters. The lowest BCUT2D eigenvalue weighted by Crippen LogP contribution is -2.20. The van der Waals surface area contributed by atoms with Crippen LogP contribution in [0.1, 0.15) is 81.8 Å². The molecule has 0 saturated carbocycles. The average molecular weight is 364 g/mol. The van der Waals surface area contributed by atoms with Crippen LogP contribution in [0.15, 0.2) is 36.7 Å². The van der Waals surface area contributed by atoms with Crippen LogP contribution in [-0.2, 0) is 11.6 Å². The molecule has 0 bridgehead atoms. The fourth-order valence-corrected chi connectivity index (χ4v) is 2.97. The first-order chi connectivity index (χ1) is 12.0. The number of hydrogen-bond acceptors (Lipinski definition) is 2. The Morgan fingerprint density at radius 2 is 1.62 bits per heavy atom. The molecule has 1 atom stereocenters. The molecule has 0 saturated heterocycles. The highest BCUT2D eigenvalue weighted by Gasteiger charge is 2.34. The van der Waals surface area contributed by atoms with Gasteiger partial charge < -0.3 is 0 Å². The van der Waals surface area contributed by atoms with Gasteiger partial charge in [-0.25, -0.2) is 0 Å². The first-order valence-electron chi connectivity index (χ1n) is 9.00. The zero-order valence-corrected chi connectivity index (χ0v) is 16.1. The Balaban J connectivity index is 2.11. The van der Waals surface area contributed by atoms with Gasteiger partial charge >= 0.3 is 6.18 Å². The van der Waals surface area contributed by atoms with E-state index >= 15 is 0 Å². The SMILES string of the molecule is CC(C)c1ccnc(C(C)CCC(C)(C)c2ccnc(C(F)(F)F)c2)c1. The lowest BCUT2D eigenvalue weighted by molar-refractivity contribution is -0.141. The lowest BCUT2D eigenvalue weighted by Gasteiger charge is -2.27. The smallest absolute Gasteiger partial charge is 0.261 e. The number of nitrogens with zero attached hydrogens (tertiary/aromatic N) is 2. The van der Waals surface area contributed by atoms with Crippen molar-refractivity contribution < 1.29 is 13.2 Å². The number of aromatic nitrogens is 2. The van der Waals surface area contributed by atoms with Crippen LogP contribution < -0.4 is 0 Å². The molecule has 26 heavy (non-hydrogen) atoms. The van der Waals surface area contributed by atoms with Gasteiger partial charge in [-0.05, 0) is 65.5 Å². The monoisotopic (exact) mass is 364 g/mol. The molecule has 0 aliphatic heterocycles. The third-order valence-corrected chi connectivity index (χ3v) is 5.01. The van der Waals surface area contributed by atoms with Crippen LogP contribution in [0.25, 0.3) is 0 Å². The Morgan fingerprint density at radius 1 is 0.962 bits per heavy atom. The maximum Gasteiger partial charge on any atom is 0.433 e. The van der Waals surface area contributed by atoms with Gasteiger partial charge in [0.1, 0.15) is 5.69 Å². The van der Waals surface area contributed by atoms with Gasteiger partial charge in [0.05, 0.1) is 0 Å². The second-order valence-corrected chi connectivity index (χ2v) is 7.92. The fourth-order valence-electron chi connectivity index (χ4n) is 2.97. The molecule has 2 nitrogen and oxygen atoms in total. The van der Waals surface area contributed by atoms with Gasteiger partial charge in [0.2, 0.25) is 0 Å². The summed E-state index contributed by atoms with van der Waals surface area (Å²) in [6, 6.07) is 7.01. The predicted molar refractivity (Wildman–Crippen MR) is 98.2 cm³/mol. The van der Waals surface area contributed by atoms with Crippen LogP contribution in [0, 0.1) is 0 Å². The molecule has 5 heteroatoms. The van der Waals surface area contributed by atoms with Crippen molar-refractivity contribution in [3.63, 3.8) is 0 Å². The predicted octanol–water partition coefficient (Wildman–Crippen LogP) is 6.48. The molecule has 0 aromatic carbocycles. The van der Waals surface area contributed by atoms with Crippen molar-refractivity contribution >= 4 is 0 Å². The molecule has 2 rings (SSSR count). The van der Waals surface area contributed by atoms with E-state index in [1.54, 1.807) is 6.07 Å². The van der Waals surface area contributed by atoms with Gasteiger partial charge in [-0.15, -0.1) is 0 Å². The summed E-state index contributed by atoms with van der Waals surface area (Å²) >= 11 is 0. The molecular weight excluding hydrogens is 337 g/mol. The van der Waals surface area contributed by atoms with Gasteiger partial charge in [-0.2, -0.15) is 13.2 Å². The van der Waals surface area contributed by atoms with E-state index in [0.29, 0.717) is 11.5 Å². The highest BCUT2D eigenvalue weighted by molar-refractivity contribution is 5.26. The molecule has 0 aliphatic carbocycles. The molecule has 0 aliphatic rings. The maximum absolute atomic E-state index is 12.9. The zero-order valence-electron chi connectivity index (χ0n) is 16.1. The number of rotatable bonds is 6. The zero-order chi connectivity index (χ0) is 19.5. The average Bonchev–Trinajstić information content (AvgIpc) is 2.59. The van der Waals surface area contributed by atoms with Crippen molar-refractivity contribution in [2.75, 3.05) is 0 Å². The molecule has 0 amide bonds. The highest BCUT2D eigenvalue weighted by Crippen LogP contribution is 2.35. The topological polar surface area (TPSA) is 25.8 Å². The third-order valence-electron chi connectivity index (χ3n) is 5.01.